The Morgan fingerprint density at radius 2 is 1.86 bits per heavy atom. The summed E-state index contributed by atoms with van der Waals surface area (Å²) < 4.78 is 40.3. The quantitative estimate of drug-likeness (QED) is 0.822. The average Bonchev–Trinajstić information content (AvgIpc) is 2.64. The smallest absolute Gasteiger partial charge is 0.352 e. The Kier molecular flexibility index (Phi) is 6.00. The number of nitrogens with zero attached hydrogens (tertiary/aromatic N) is 2. The first-order chi connectivity index (χ1) is 13.6. The van der Waals surface area contributed by atoms with Crippen molar-refractivity contribution in [1.82, 2.24) is 15.1 Å². The van der Waals surface area contributed by atoms with Gasteiger partial charge in [0.05, 0.1) is 16.6 Å². The largest absolute Gasteiger partial charge is 0.416 e. The molecule has 1 heterocycles. The zero-order valence-electron chi connectivity index (χ0n) is 16.8. The maximum atomic E-state index is 13.1. The van der Waals surface area contributed by atoms with Gasteiger partial charge in [-0.05, 0) is 55.7 Å². The summed E-state index contributed by atoms with van der Waals surface area (Å²) in [6, 6.07) is 3.12. The summed E-state index contributed by atoms with van der Waals surface area (Å²) >= 11 is 0. The van der Waals surface area contributed by atoms with Crippen molar-refractivity contribution in [3.8, 4) is 0 Å². The second-order valence-corrected chi connectivity index (χ2v) is 8.29. The molecule has 0 atom stereocenters. The van der Waals surface area contributed by atoms with E-state index in [1.807, 2.05) is 0 Å². The van der Waals surface area contributed by atoms with Crippen LogP contribution in [-0.4, -0.2) is 21.7 Å². The van der Waals surface area contributed by atoms with Crippen LogP contribution in [0.25, 0.3) is 10.8 Å². The maximum Gasteiger partial charge on any atom is 0.416 e. The topological polar surface area (TPSA) is 64.0 Å². The highest BCUT2D eigenvalue weighted by Crippen LogP contribution is 2.32. The van der Waals surface area contributed by atoms with Gasteiger partial charge in [-0.25, -0.2) is 4.68 Å². The number of carbonyl (C=O) groups is 1. The summed E-state index contributed by atoms with van der Waals surface area (Å²) in [5.41, 5.74) is -1.02. The monoisotopic (exact) mass is 409 g/mol. The lowest BCUT2D eigenvalue weighted by Gasteiger charge is -2.27. The molecule has 0 spiro atoms. The molecule has 0 bridgehead atoms. The van der Waals surface area contributed by atoms with Crippen molar-refractivity contribution < 1.29 is 18.0 Å². The van der Waals surface area contributed by atoms with E-state index in [-0.39, 0.29) is 35.2 Å². The van der Waals surface area contributed by atoms with E-state index >= 15 is 0 Å². The van der Waals surface area contributed by atoms with Gasteiger partial charge in [0.1, 0.15) is 6.54 Å². The molecule has 0 unspecified atom stereocenters. The molecule has 158 valence electrons. The van der Waals surface area contributed by atoms with E-state index in [9.17, 15) is 22.8 Å². The van der Waals surface area contributed by atoms with E-state index in [0.717, 1.165) is 42.5 Å². The molecule has 1 saturated carbocycles. The van der Waals surface area contributed by atoms with Gasteiger partial charge in [0, 0.05) is 11.4 Å². The second kappa shape index (κ2) is 8.16. The van der Waals surface area contributed by atoms with Gasteiger partial charge in [-0.1, -0.05) is 20.8 Å². The molecule has 1 aromatic carbocycles. The molecular formula is C21H26F3N3O2. The number of benzene rings is 1. The molecule has 1 fully saturated rings. The van der Waals surface area contributed by atoms with Gasteiger partial charge in [0.2, 0.25) is 5.91 Å². The molecular weight excluding hydrogens is 383 g/mol. The predicted molar refractivity (Wildman–Crippen MR) is 105 cm³/mol. The van der Waals surface area contributed by atoms with Crippen LogP contribution in [0.5, 0.6) is 0 Å². The molecule has 1 amide bonds. The molecule has 2 aromatic rings. The number of nitrogens with one attached hydrogen (secondary N) is 1. The van der Waals surface area contributed by atoms with Crippen molar-refractivity contribution >= 4 is 16.7 Å². The molecule has 0 radical (unpaired) electrons. The molecule has 3 rings (SSSR count). The van der Waals surface area contributed by atoms with E-state index in [2.05, 4.69) is 17.3 Å². The lowest BCUT2D eigenvalue weighted by atomic mass is 9.87. The number of rotatable bonds is 4. The fourth-order valence-electron chi connectivity index (χ4n) is 3.83. The zero-order valence-corrected chi connectivity index (χ0v) is 16.8. The predicted octanol–water partition coefficient (Wildman–Crippen LogP) is 4.23. The van der Waals surface area contributed by atoms with Gasteiger partial charge >= 0.3 is 6.18 Å². The molecule has 29 heavy (non-hydrogen) atoms. The van der Waals surface area contributed by atoms with E-state index in [4.69, 9.17) is 0 Å². The minimum absolute atomic E-state index is 0.0915. The number of alkyl halides is 3. The van der Waals surface area contributed by atoms with Crippen LogP contribution in [0, 0.1) is 5.92 Å². The van der Waals surface area contributed by atoms with Crippen molar-refractivity contribution in [2.45, 2.75) is 71.1 Å². The summed E-state index contributed by atoms with van der Waals surface area (Å²) in [7, 11) is 0. The summed E-state index contributed by atoms with van der Waals surface area (Å²) in [6.07, 6.45) is -0.584. The lowest BCUT2D eigenvalue weighted by molar-refractivity contribution is -0.137. The Hall–Kier alpha value is -2.38. The van der Waals surface area contributed by atoms with Crippen molar-refractivity contribution in [1.29, 1.82) is 0 Å². The van der Waals surface area contributed by atoms with Crippen LogP contribution in [0.15, 0.2) is 23.0 Å². The van der Waals surface area contributed by atoms with Gasteiger partial charge in [0.15, 0.2) is 0 Å². The van der Waals surface area contributed by atoms with Gasteiger partial charge in [-0.3, -0.25) is 9.59 Å². The van der Waals surface area contributed by atoms with Crippen molar-refractivity contribution in [2.75, 3.05) is 0 Å². The molecule has 0 saturated heterocycles. The van der Waals surface area contributed by atoms with Crippen LogP contribution in [0.1, 0.15) is 63.6 Å². The minimum atomic E-state index is -4.51. The number of fused-ring (bicyclic) bond motifs is 1. The van der Waals surface area contributed by atoms with Gasteiger partial charge < -0.3 is 5.32 Å². The van der Waals surface area contributed by atoms with Gasteiger partial charge in [-0.15, -0.1) is 0 Å². The normalized spacial score (nSPS) is 20.2. The van der Waals surface area contributed by atoms with Crippen molar-refractivity contribution in [3.05, 3.63) is 39.8 Å². The Bertz CT molecular complexity index is 958. The van der Waals surface area contributed by atoms with Crippen LogP contribution in [0.4, 0.5) is 13.2 Å². The standard InChI is InChI=1S/C21H26F3N3O2/c1-12(2)19-17-10-14(21(22,23)24)6-9-16(17)20(29)27(26-19)11-18(28)25-15-7-4-13(3)5-8-15/h6,9-10,12-13,15H,4-5,7-8,11H2,1-3H3,(H,25,28). The first kappa shape index (κ1) is 21.3. The summed E-state index contributed by atoms with van der Waals surface area (Å²) in [5.74, 6) is 0.138. The number of amides is 1. The van der Waals surface area contributed by atoms with Crippen LogP contribution < -0.4 is 10.9 Å². The number of halogens is 3. The fourth-order valence-corrected chi connectivity index (χ4v) is 3.83. The second-order valence-electron chi connectivity index (χ2n) is 8.29. The summed E-state index contributed by atoms with van der Waals surface area (Å²) in [5, 5.41) is 7.51. The lowest BCUT2D eigenvalue weighted by Crippen LogP contribution is -2.41. The summed E-state index contributed by atoms with van der Waals surface area (Å²) in [6.45, 7) is 5.52. The van der Waals surface area contributed by atoms with Crippen LogP contribution in [-0.2, 0) is 17.5 Å². The number of aromatic nitrogens is 2. The maximum absolute atomic E-state index is 13.1. The molecule has 1 aliphatic carbocycles. The van der Waals surface area contributed by atoms with E-state index in [1.54, 1.807) is 13.8 Å². The molecule has 1 N–H and O–H groups in total. The van der Waals surface area contributed by atoms with E-state index < -0.39 is 17.3 Å². The Balaban J connectivity index is 1.91. The molecule has 8 heteroatoms. The molecule has 0 aliphatic heterocycles. The summed E-state index contributed by atoms with van der Waals surface area (Å²) in [4.78, 5) is 25.2. The third kappa shape index (κ3) is 4.79. The Labute approximate surface area is 167 Å². The third-order valence-electron chi connectivity index (χ3n) is 5.54. The van der Waals surface area contributed by atoms with Gasteiger partial charge in [0.25, 0.3) is 5.56 Å². The number of hydrogen-bond donors (Lipinski definition) is 1. The van der Waals surface area contributed by atoms with E-state index in [0.29, 0.717) is 11.6 Å². The highest BCUT2D eigenvalue weighted by Gasteiger charge is 2.31. The Morgan fingerprint density at radius 3 is 2.45 bits per heavy atom. The average molecular weight is 409 g/mol. The zero-order chi connectivity index (χ0) is 21.3. The minimum Gasteiger partial charge on any atom is -0.352 e. The van der Waals surface area contributed by atoms with Gasteiger partial charge in [-0.2, -0.15) is 18.3 Å². The van der Waals surface area contributed by atoms with Crippen molar-refractivity contribution in [3.63, 3.8) is 0 Å². The highest BCUT2D eigenvalue weighted by atomic mass is 19.4. The first-order valence-electron chi connectivity index (χ1n) is 9.97. The molecule has 1 aromatic heterocycles. The van der Waals surface area contributed by atoms with Crippen LogP contribution in [0.2, 0.25) is 0 Å². The first-order valence-corrected chi connectivity index (χ1v) is 9.97. The fraction of sp³-hybridized carbons (Fsp3) is 0.571. The Morgan fingerprint density at radius 1 is 1.21 bits per heavy atom. The number of hydrogen-bond acceptors (Lipinski definition) is 3. The van der Waals surface area contributed by atoms with Crippen LogP contribution in [0.3, 0.4) is 0 Å². The van der Waals surface area contributed by atoms with Crippen molar-refractivity contribution in [2.24, 2.45) is 5.92 Å². The third-order valence-corrected chi connectivity index (χ3v) is 5.54. The van der Waals surface area contributed by atoms with Crippen LogP contribution >= 0.6 is 0 Å². The van der Waals surface area contributed by atoms with E-state index in [1.165, 1.54) is 6.07 Å². The molecule has 5 nitrogen and oxygen atoms in total. The molecule has 1 aliphatic rings. The highest BCUT2D eigenvalue weighted by molar-refractivity contribution is 5.85. The number of carbonyl (C=O) groups excluding carboxylic acids is 1. The SMILES string of the molecule is CC1CCC(NC(=O)Cn2nc(C(C)C)c3cc(C(F)(F)F)ccc3c2=O)CC1.